The van der Waals surface area contributed by atoms with Crippen LogP contribution in [0.5, 0.6) is 0 Å². The quantitative estimate of drug-likeness (QED) is 0.230. The number of halogens is 2. The van der Waals surface area contributed by atoms with Crippen LogP contribution in [0.2, 0.25) is 26.2 Å². The predicted molar refractivity (Wildman–Crippen MR) is 142 cm³/mol. The van der Waals surface area contributed by atoms with Gasteiger partial charge >= 0.3 is 25.8 Å². The average molecular weight is 678 g/mol. The number of hydrogen-bond acceptors (Lipinski definition) is 0. The maximum absolute atomic E-state index is 2.44. The molecule has 33 heavy (non-hydrogen) atoms. The van der Waals surface area contributed by atoms with Gasteiger partial charge in [0.25, 0.3) is 0 Å². The van der Waals surface area contributed by atoms with Gasteiger partial charge in [0.1, 0.15) is 0 Å². The van der Waals surface area contributed by atoms with E-state index in [9.17, 15) is 0 Å². The van der Waals surface area contributed by atoms with E-state index >= 15 is 0 Å². The summed E-state index contributed by atoms with van der Waals surface area (Å²) in [6.45, 7) is 14.0. The predicted octanol–water partition coefficient (Wildman–Crippen LogP) is 1.81. The van der Waals surface area contributed by atoms with Crippen molar-refractivity contribution < 1.29 is 50.7 Å². The molecule has 0 radical (unpaired) electrons. The third-order valence-corrected chi connectivity index (χ3v) is 13.6. The molecule has 0 bridgehead atoms. The molecule has 0 atom stereocenters. The summed E-state index contributed by atoms with van der Waals surface area (Å²) in [5.41, 5.74) is 7.88. The second-order valence-electron chi connectivity index (χ2n) is 9.00. The summed E-state index contributed by atoms with van der Waals surface area (Å²) < 4.78 is 0. The van der Waals surface area contributed by atoms with Crippen molar-refractivity contribution >= 4 is 16.6 Å². The Kier molecular flexibility index (Phi) is 18.1. The molecule has 0 unspecified atom stereocenters. The molecule has 4 rings (SSSR count). The summed E-state index contributed by atoms with van der Waals surface area (Å²) in [7, 11) is -0.101. The molecule has 0 amide bonds. The Labute approximate surface area is 236 Å². The van der Waals surface area contributed by atoms with Crippen molar-refractivity contribution in [2.75, 3.05) is 0 Å². The zero-order valence-electron chi connectivity index (χ0n) is 20.7. The molecule has 174 valence electrons. The third kappa shape index (κ3) is 13.5. The maximum atomic E-state index is 2.44. The van der Waals surface area contributed by atoms with Crippen LogP contribution in [-0.2, 0) is 25.8 Å². The van der Waals surface area contributed by atoms with E-state index < -0.39 is 7.59 Å². The van der Waals surface area contributed by atoms with Gasteiger partial charge in [0.2, 0.25) is 0 Å². The first-order chi connectivity index (χ1) is 14.3. The minimum absolute atomic E-state index is 0. The summed E-state index contributed by atoms with van der Waals surface area (Å²) in [5, 5.41) is 0. The smallest absolute Gasteiger partial charge is 1.00 e. The Bertz CT molecular complexity index is 912. The Morgan fingerprint density at radius 2 is 0.909 bits per heavy atom. The van der Waals surface area contributed by atoms with Crippen LogP contribution in [0.4, 0.5) is 0 Å². The first-order valence-electron chi connectivity index (χ1n) is 10.9. The third-order valence-electron chi connectivity index (χ3n) is 5.09. The molecular weight excluding hydrogens is 642 g/mol. The van der Waals surface area contributed by atoms with Gasteiger partial charge in [0, 0.05) is 16.6 Å². The van der Waals surface area contributed by atoms with Crippen LogP contribution in [0.3, 0.4) is 0 Å². The second-order valence-corrected chi connectivity index (χ2v) is 23.3. The van der Waals surface area contributed by atoms with E-state index in [0.717, 1.165) is 0 Å². The molecule has 0 heterocycles. The van der Waals surface area contributed by atoms with Crippen LogP contribution in [0.15, 0.2) is 97.1 Å². The Morgan fingerprint density at radius 1 is 0.606 bits per heavy atom. The van der Waals surface area contributed by atoms with E-state index in [4.69, 9.17) is 0 Å². The first kappa shape index (κ1) is 34.2. The second kappa shape index (κ2) is 17.5. The Morgan fingerprint density at radius 3 is 1.12 bits per heavy atom. The molecule has 0 N–H and O–H groups in total. The fourth-order valence-corrected chi connectivity index (χ4v) is 2.75. The van der Waals surface area contributed by atoms with Crippen LogP contribution >= 0.6 is 0 Å². The van der Waals surface area contributed by atoms with E-state index in [1.54, 1.807) is 0 Å². The maximum Gasteiger partial charge on any atom is 4.00 e. The van der Waals surface area contributed by atoms with Gasteiger partial charge in [-0.1, -0.05) is 112 Å². The van der Waals surface area contributed by atoms with Crippen molar-refractivity contribution in [1.82, 2.24) is 0 Å². The van der Waals surface area contributed by atoms with Gasteiger partial charge in [0.15, 0.2) is 0 Å². The molecule has 0 saturated heterocycles. The van der Waals surface area contributed by atoms with Crippen molar-refractivity contribution in [3.05, 3.63) is 108 Å². The normalized spacial score (nSPS) is 9.88. The van der Waals surface area contributed by atoms with Gasteiger partial charge < -0.3 is 24.8 Å². The summed E-state index contributed by atoms with van der Waals surface area (Å²) in [6.07, 6.45) is 0. The van der Waals surface area contributed by atoms with Crippen LogP contribution < -0.4 is 24.8 Å². The number of hydrogen-bond donors (Lipinski definition) is 0. The van der Waals surface area contributed by atoms with Crippen molar-refractivity contribution in [3.8, 4) is 22.3 Å². The summed E-state index contributed by atoms with van der Waals surface area (Å²) >= 11 is 0. The van der Waals surface area contributed by atoms with Crippen molar-refractivity contribution in [3.63, 3.8) is 0 Å². The molecule has 0 aliphatic carbocycles. The van der Waals surface area contributed by atoms with Gasteiger partial charge in [-0.3, -0.25) is 0 Å². The number of aryl methyl sites for hydroxylation is 2. The molecule has 0 aliphatic heterocycles. The van der Waals surface area contributed by atoms with E-state index in [2.05, 4.69) is 125 Å². The van der Waals surface area contributed by atoms with E-state index in [1.165, 1.54) is 33.4 Å². The molecule has 0 fully saturated rings. The van der Waals surface area contributed by atoms with Gasteiger partial charge in [0.05, 0.1) is 0 Å². The fourth-order valence-electron chi connectivity index (χ4n) is 2.75. The minimum atomic E-state index is -0.492. The van der Waals surface area contributed by atoms with E-state index in [-0.39, 0.29) is 50.7 Å². The molecule has 0 aromatic heterocycles. The Hall–Kier alpha value is -0.976. The van der Waals surface area contributed by atoms with Crippen molar-refractivity contribution in [1.29, 1.82) is 0 Å². The summed E-state index contributed by atoms with van der Waals surface area (Å²) in [4.78, 5) is 0. The zero-order valence-corrected chi connectivity index (χ0v) is 28.2. The SMILES string of the molecule is C[SiH2][Si](C)(C)C.Cc1cc(-c2ccccc2)c[cH-]1.Cc1cc(-c2ccccc2)c[cH-]1.[Cl-].[Cl-].[Hf+4]. The van der Waals surface area contributed by atoms with Crippen LogP contribution in [0, 0.1) is 13.8 Å². The molecule has 4 aromatic rings. The molecule has 0 nitrogen and oxygen atoms in total. The van der Waals surface area contributed by atoms with Crippen LogP contribution in [0.25, 0.3) is 22.3 Å². The fraction of sp³-hybridized carbons (Fsp3) is 0.214. The minimum Gasteiger partial charge on any atom is -1.00 e. The average Bonchev–Trinajstić information content (AvgIpc) is 3.38. The monoisotopic (exact) mass is 678 g/mol. The summed E-state index contributed by atoms with van der Waals surface area (Å²) in [6, 6.07) is 33.9. The van der Waals surface area contributed by atoms with E-state index in [0.29, 0.717) is 9.04 Å². The largest absolute Gasteiger partial charge is 4.00 e. The first-order valence-corrected chi connectivity index (χ1v) is 18.1. The van der Waals surface area contributed by atoms with Crippen molar-refractivity contribution in [2.45, 2.75) is 40.0 Å². The molecular formula is C28H36Cl2HfSi2. The standard InChI is InChI=1S/2C12H11.C4H14Si2.2ClH.Hf/c2*1-10-7-8-12(9-10)11-5-3-2-4-6-11;1-5-6(2,3)4;;;/h2*2-9H,1H3;5H2,1-4H3;2*1H;/q2*-1;;;;+4/p-2. The van der Waals surface area contributed by atoms with Crippen LogP contribution in [0.1, 0.15) is 11.1 Å². The molecule has 4 aromatic carbocycles. The summed E-state index contributed by atoms with van der Waals surface area (Å²) in [5.74, 6) is 0. The van der Waals surface area contributed by atoms with Gasteiger partial charge in [-0.25, -0.2) is 12.1 Å². The topological polar surface area (TPSA) is 0 Å². The number of rotatable bonds is 3. The molecule has 0 saturated carbocycles. The molecule has 0 aliphatic rings. The van der Waals surface area contributed by atoms with Crippen LogP contribution in [-0.4, -0.2) is 16.6 Å². The van der Waals surface area contributed by atoms with Gasteiger partial charge in [-0.2, -0.15) is 46.5 Å². The van der Waals surface area contributed by atoms with Gasteiger partial charge in [-0.05, 0) is 0 Å². The molecule has 5 heteroatoms. The van der Waals surface area contributed by atoms with E-state index in [1.807, 2.05) is 12.1 Å². The number of benzene rings is 2. The van der Waals surface area contributed by atoms with Crippen molar-refractivity contribution in [2.24, 2.45) is 0 Å². The van der Waals surface area contributed by atoms with Gasteiger partial charge in [-0.15, -0.1) is 0 Å². The Balaban J connectivity index is 0. The zero-order chi connectivity index (χ0) is 22.0. The molecule has 0 spiro atoms.